The number of phenols is 1. The molecule has 0 unspecified atom stereocenters. The smallest absolute Gasteiger partial charge is 0.337 e. The van der Waals surface area contributed by atoms with Gasteiger partial charge in [-0.15, -0.1) is 0 Å². The van der Waals surface area contributed by atoms with Gasteiger partial charge in [-0.1, -0.05) is 11.6 Å². The Morgan fingerprint density at radius 3 is 2.69 bits per heavy atom. The van der Waals surface area contributed by atoms with Crippen molar-refractivity contribution in [1.29, 1.82) is 0 Å². The lowest BCUT2D eigenvalue weighted by Gasteiger charge is -2.05. The number of hydrogen-bond donors (Lipinski definition) is 1. The first-order chi connectivity index (χ1) is 7.54. The molecule has 0 heterocycles. The summed E-state index contributed by atoms with van der Waals surface area (Å²) in [6.07, 6.45) is 2.61. The van der Waals surface area contributed by atoms with Crippen molar-refractivity contribution in [3.05, 3.63) is 41.0 Å². The summed E-state index contributed by atoms with van der Waals surface area (Å²) < 4.78 is 4.62. The van der Waals surface area contributed by atoms with Crippen LogP contribution in [0.15, 0.2) is 29.8 Å². The van der Waals surface area contributed by atoms with Crippen LogP contribution >= 0.6 is 0 Å². The average molecular weight is 220 g/mol. The van der Waals surface area contributed by atoms with Gasteiger partial charge in [-0.2, -0.15) is 0 Å². The highest BCUT2D eigenvalue weighted by Gasteiger charge is 2.08. The fourth-order valence-corrected chi connectivity index (χ4v) is 1.31. The molecule has 16 heavy (non-hydrogen) atoms. The molecule has 0 aliphatic heterocycles. The molecule has 0 radical (unpaired) electrons. The van der Waals surface area contributed by atoms with Gasteiger partial charge in [0, 0.05) is 0 Å². The molecule has 1 rings (SSSR count). The Morgan fingerprint density at radius 1 is 1.44 bits per heavy atom. The molecular weight excluding hydrogens is 204 g/mol. The monoisotopic (exact) mass is 220 g/mol. The molecule has 0 amide bonds. The largest absolute Gasteiger partial charge is 0.508 e. The van der Waals surface area contributed by atoms with Crippen molar-refractivity contribution in [1.82, 2.24) is 0 Å². The standard InChI is InChI=1S/C13H16O3/c1-9(2)4-5-10-8-11(13(15)16-3)6-7-12(10)14/h4,6-8,14H,5H2,1-3H3. The van der Waals surface area contributed by atoms with Crippen molar-refractivity contribution < 1.29 is 14.6 Å². The maximum atomic E-state index is 11.3. The predicted octanol–water partition coefficient (Wildman–Crippen LogP) is 2.69. The van der Waals surface area contributed by atoms with Crippen molar-refractivity contribution >= 4 is 5.97 Å². The molecule has 86 valence electrons. The van der Waals surface area contributed by atoms with E-state index in [0.29, 0.717) is 12.0 Å². The van der Waals surface area contributed by atoms with Crippen LogP contribution in [0.2, 0.25) is 0 Å². The SMILES string of the molecule is COC(=O)c1ccc(O)c(CC=C(C)C)c1. The van der Waals surface area contributed by atoms with Crippen LogP contribution in [0.5, 0.6) is 5.75 Å². The van der Waals surface area contributed by atoms with Gasteiger partial charge in [-0.3, -0.25) is 0 Å². The summed E-state index contributed by atoms with van der Waals surface area (Å²) in [7, 11) is 1.34. The topological polar surface area (TPSA) is 46.5 Å². The van der Waals surface area contributed by atoms with E-state index in [1.807, 2.05) is 19.9 Å². The molecule has 1 aromatic carbocycles. The Bertz CT molecular complexity index is 415. The number of methoxy groups -OCH3 is 1. The molecule has 3 nitrogen and oxygen atoms in total. The van der Waals surface area contributed by atoms with Crippen molar-refractivity contribution in [2.45, 2.75) is 20.3 Å². The highest BCUT2D eigenvalue weighted by Crippen LogP contribution is 2.20. The van der Waals surface area contributed by atoms with Crippen molar-refractivity contribution in [2.75, 3.05) is 7.11 Å². The Labute approximate surface area is 95.4 Å². The molecule has 0 aliphatic rings. The predicted molar refractivity (Wildman–Crippen MR) is 62.6 cm³/mol. The number of phenolic OH excluding ortho intramolecular Hbond substituents is 1. The second-order valence-electron chi connectivity index (χ2n) is 3.82. The summed E-state index contributed by atoms with van der Waals surface area (Å²) >= 11 is 0. The molecule has 3 heteroatoms. The number of allylic oxidation sites excluding steroid dienone is 2. The molecule has 0 saturated heterocycles. The number of benzene rings is 1. The zero-order valence-electron chi connectivity index (χ0n) is 9.78. The first-order valence-electron chi connectivity index (χ1n) is 5.08. The van der Waals surface area contributed by atoms with Crippen LogP contribution in [0.1, 0.15) is 29.8 Å². The van der Waals surface area contributed by atoms with E-state index < -0.39 is 5.97 Å². The molecule has 0 fully saturated rings. The minimum absolute atomic E-state index is 0.199. The zero-order valence-corrected chi connectivity index (χ0v) is 9.78. The Morgan fingerprint density at radius 2 is 2.12 bits per heavy atom. The van der Waals surface area contributed by atoms with E-state index in [1.54, 1.807) is 12.1 Å². The maximum Gasteiger partial charge on any atom is 0.337 e. The van der Waals surface area contributed by atoms with E-state index in [4.69, 9.17) is 0 Å². The molecular formula is C13H16O3. The molecule has 0 aliphatic carbocycles. The van der Waals surface area contributed by atoms with Crippen LogP contribution in [0, 0.1) is 0 Å². The summed E-state index contributed by atoms with van der Waals surface area (Å²) in [6, 6.07) is 4.72. The van der Waals surface area contributed by atoms with Crippen LogP contribution in [0.3, 0.4) is 0 Å². The Hall–Kier alpha value is -1.77. The van der Waals surface area contributed by atoms with Gasteiger partial charge in [0.25, 0.3) is 0 Å². The van der Waals surface area contributed by atoms with E-state index in [1.165, 1.54) is 18.7 Å². The van der Waals surface area contributed by atoms with Gasteiger partial charge in [-0.25, -0.2) is 4.79 Å². The Kier molecular flexibility index (Phi) is 4.11. The fourth-order valence-electron chi connectivity index (χ4n) is 1.31. The molecule has 1 N–H and O–H groups in total. The van der Waals surface area contributed by atoms with Gasteiger partial charge in [0.05, 0.1) is 12.7 Å². The highest BCUT2D eigenvalue weighted by molar-refractivity contribution is 5.89. The number of carbonyl (C=O) groups excluding carboxylic acids is 1. The van der Waals surface area contributed by atoms with E-state index in [9.17, 15) is 9.90 Å². The lowest BCUT2D eigenvalue weighted by molar-refractivity contribution is 0.0600. The summed E-state index contributed by atoms with van der Waals surface area (Å²) in [5.41, 5.74) is 2.35. The molecule has 0 spiro atoms. The van der Waals surface area contributed by atoms with E-state index in [-0.39, 0.29) is 5.75 Å². The number of ether oxygens (including phenoxy) is 1. The zero-order chi connectivity index (χ0) is 12.1. The first kappa shape index (κ1) is 12.3. The molecule has 0 aromatic heterocycles. The van der Waals surface area contributed by atoms with Gasteiger partial charge < -0.3 is 9.84 Å². The van der Waals surface area contributed by atoms with Crippen LogP contribution in [-0.4, -0.2) is 18.2 Å². The van der Waals surface area contributed by atoms with Crippen molar-refractivity contribution in [3.63, 3.8) is 0 Å². The third-order valence-electron chi connectivity index (χ3n) is 2.23. The third kappa shape index (κ3) is 3.12. The first-order valence-corrected chi connectivity index (χ1v) is 5.08. The second kappa shape index (κ2) is 5.35. The summed E-state index contributed by atoms with van der Waals surface area (Å²) in [6.45, 7) is 3.97. The number of rotatable bonds is 3. The number of hydrogen-bond acceptors (Lipinski definition) is 3. The van der Waals surface area contributed by atoms with E-state index in [0.717, 1.165) is 5.56 Å². The highest BCUT2D eigenvalue weighted by atomic mass is 16.5. The lowest BCUT2D eigenvalue weighted by Crippen LogP contribution is -2.01. The average Bonchev–Trinajstić information content (AvgIpc) is 2.26. The summed E-state index contributed by atoms with van der Waals surface area (Å²) in [5, 5.41) is 9.62. The van der Waals surface area contributed by atoms with Crippen LogP contribution in [0.4, 0.5) is 0 Å². The third-order valence-corrected chi connectivity index (χ3v) is 2.23. The minimum Gasteiger partial charge on any atom is -0.508 e. The van der Waals surface area contributed by atoms with Crippen molar-refractivity contribution in [3.8, 4) is 5.75 Å². The Balaban J connectivity index is 2.99. The summed E-state index contributed by atoms with van der Waals surface area (Å²) in [4.78, 5) is 11.3. The molecule has 0 saturated carbocycles. The number of carbonyl (C=O) groups is 1. The van der Waals surface area contributed by atoms with Crippen LogP contribution in [0.25, 0.3) is 0 Å². The molecule has 0 bridgehead atoms. The van der Waals surface area contributed by atoms with Gasteiger partial charge in [0.1, 0.15) is 5.75 Å². The van der Waals surface area contributed by atoms with Crippen molar-refractivity contribution in [2.24, 2.45) is 0 Å². The maximum absolute atomic E-state index is 11.3. The van der Waals surface area contributed by atoms with E-state index >= 15 is 0 Å². The quantitative estimate of drug-likeness (QED) is 0.629. The summed E-state index contributed by atoms with van der Waals surface area (Å²) in [5.74, 6) is -0.191. The van der Waals surface area contributed by atoms with Crippen LogP contribution < -0.4 is 0 Å². The van der Waals surface area contributed by atoms with Crippen LogP contribution in [-0.2, 0) is 11.2 Å². The van der Waals surface area contributed by atoms with E-state index in [2.05, 4.69) is 4.74 Å². The van der Waals surface area contributed by atoms with Gasteiger partial charge in [0.2, 0.25) is 0 Å². The normalized spacial score (nSPS) is 9.69. The molecule has 1 aromatic rings. The van der Waals surface area contributed by atoms with Gasteiger partial charge in [0.15, 0.2) is 0 Å². The number of esters is 1. The molecule has 0 atom stereocenters. The van der Waals surface area contributed by atoms with Gasteiger partial charge in [-0.05, 0) is 44.0 Å². The van der Waals surface area contributed by atoms with Gasteiger partial charge >= 0.3 is 5.97 Å². The minimum atomic E-state index is -0.390. The fraction of sp³-hybridized carbons (Fsp3) is 0.308. The number of aromatic hydroxyl groups is 1. The lowest BCUT2D eigenvalue weighted by atomic mass is 10.1. The second-order valence-corrected chi connectivity index (χ2v) is 3.82.